The molecular formula is C19H23F3N6O2. The molecule has 1 aliphatic rings. The van der Waals surface area contributed by atoms with Crippen LogP contribution in [0.1, 0.15) is 12.1 Å². The zero-order valence-electron chi connectivity index (χ0n) is 16.2. The lowest BCUT2D eigenvalue weighted by atomic mass is 10.2. The molecule has 0 radical (unpaired) electrons. The number of amides is 2. The summed E-state index contributed by atoms with van der Waals surface area (Å²) in [6, 6.07) is 10.9. The molecule has 0 atom stereocenters. The molecule has 1 fully saturated rings. The molecular weight excluding hydrogens is 401 g/mol. The van der Waals surface area contributed by atoms with Crippen molar-refractivity contribution in [3.63, 3.8) is 0 Å². The molecule has 1 saturated heterocycles. The second-order valence-corrected chi connectivity index (χ2v) is 6.91. The lowest BCUT2D eigenvalue weighted by Gasteiger charge is -2.36. The lowest BCUT2D eigenvalue weighted by molar-refractivity contribution is -0.141. The number of anilines is 1. The Balaban J connectivity index is 1.32. The van der Waals surface area contributed by atoms with Crippen LogP contribution in [0.3, 0.4) is 0 Å². The lowest BCUT2D eigenvalue weighted by Crippen LogP contribution is -2.48. The number of benzene rings is 1. The Labute approximate surface area is 171 Å². The van der Waals surface area contributed by atoms with Gasteiger partial charge in [-0.05, 0) is 18.2 Å². The van der Waals surface area contributed by atoms with Gasteiger partial charge in [-0.15, -0.1) is 0 Å². The predicted octanol–water partition coefficient (Wildman–Crippen LogP) is 1.26. The van der Waals surface area contributed by atoms with Gasteiger partial charge in [-0.3, -0.25) is 30.0 Å². The Morgan fingerprint density at radius 1 is 0.967 bits per heavy atom. The Morgan fingerprint density at radius 2 is 1.63 bits per heavy atom. The number of hydrogen-bond acceptors (Lipinski definition) is 5. The fourth-order valence-electron chi connectivity index (χ4n) is 3.12. The standard InChI is InChI=1S/C19H23F3N6O2/c20-19(21,22)16-6-9-28(25-16)14-18(30)24-23-17(29)7-8-26-10-12-27(13-11-26)15-4-2-1-3-5-15/h1-6,9H,7-8,10-14H2,(H,23,29)(H,24,30). The van der Waals surface area contributed by atoms with Crippen LogP contribution in [-0.2, 0) is 22.3 Å². The van der Waals surface area contributed by atoms with Crippen LogP contribution in [0.15, 0.2) is 42.6 Å². The van der Waals surface area contributed by atoms with E-state index in [1.54, 1.807) is 0 Å². The van der Waals surface area contributed by atoms with Gasteiger partial charge in [-0.1, -0.05) is 18.2 Å². The van der Waals surface area contributed by atoms with E-state index in [9.17, 15) is 22.8 Å². The number of carbonyl (C=O) groups excluding carboxylic acids is 2. The van der Waals surface area contributed by atoms with Crippen LogP contribution in [0.4, 0.5) is 18.9 Å². The third-order valence-corrected chi connectivity index (χ3v) is 4.73. The van der Waals surface area contributed by atoms with Crippen molar-refractivity contribution in [1.82, 2.24) is 25.5 Å². The highest BCUT2D eigenvalue weighted by Crippen LogP contribution is 2.27. The van der Waals surface area contributed by atoms with Crippen molar-refractivity contribution in [3.8, 4) is 0 Å². The summed E-state index contributed by atoms with van der Waals surface area (Å²) in [4.78, 5) is 28.2. The maximum absolute atomic E-state index is 12.5. The predicted molar refractivity (Wildman–Crippen MR) is 103 cm³/mol. The van der Waals surface area contributed by atoms with Crippen molar-refractivity contribution in [2.75, 3.05) is 37.6 Å². The van der Waals surface area contributed by atoms with Crippen molar-refractivity contribution in [2.45, 2.75) is 19.1 Å². The van der Waals surface area contributed by atoms with E-state index in [4.69, 9.17) is 0 Å². The van der Waals surface area contributed by atoms with Crippen LogP contribution in [0.25, 0.3) is 0 Å². The molecule has 0 unspecified atom stereocenters. The summed E-state index contributed by atoms with van der Waals surface area (Å²) in [5.74, 6) is -1.04. The van der Waals surface area contributed by atoms with E-state index in [1.165, 1.54) is 5.69 Å². The maximum atomic E-state index is 12.5. The van der Waals surface area contributed by atoms with Crippen LogP contribution in [0.5, 0.6) is 0 Å². The number of hydrazine groups is 1. The molecule has 30 heavy (non-hydrogen) atoms. The van der Waals surface area contributed by atoms with E-state index < -0.39 is 24.3 Å². The van der Waals surface area contributed by atoms with Gasteiger partial charge in [0.25, 0.3) is 5.91 Å². The van der Waals surface area contributed by atoms with Crippen molar-refractivity contribution < 1.29 is 22.8 Å². The van der Waals surface area contributed by atoms with Crippen LogP contribution in [0, 0.1) is 0 Å². The van der Waals surface area contributed by atoms with Gasteiger partial charge >= 0.3 is 6.18 Å². The second kappa shape index (κ2) is 9.61. The highest BCUT2D eigenvalue weighted by Gasteiger charge is 2.33. The highest BCUT2D eigenvalue weighted by molar-refractivity contribution is 5.81. The zero-order chi connectivity index (χ0) is 21.6. The number of alkyl halides is 3. The van der Waals surface area contributed by atoms with E-state index in [-0.39, 0.29) is 12.3 Å². The quantitative estimate of drug-likeness (QED) is 0.683. The van der Waals surface area contributed by atoms with E-state index in [1.807, 2.05) is 18.2 Å². The molecule has 1 aliphatic heterocycles. The minimum absolute atomic E-state index is 0.200. The summed E-state index contributed by atoms with van der Waals surface area (Å²) in [5.41, 5.74) is 4.56. The summed E-state index contributed by atoms with van der Waals surface area (Å²) in [7, 11) is 0. The first kappa shape index (κ1) is 21.6. The first-order valence-corrected chi connectivity index (χ1v) is 9.52. The molecule has 0 saturated carbocycles. The van der Waals surface area contributed by atoms with Gasteiger partial charge in [0.1, 0.15) is 6.54 Å². The number of carbonyl (C=O) groups is 2. The Kier molecular flexibility index (Phi) is 6.93. The van der Waals surface area contributed by atoms with Crippen molar-refractivity contribution in [1.29, 1.82) is 0 Å². The van der Waals surface area contributed by atoms with Gasteiger partial charge in [0, 0.05) is 51.0 Å². The average molecular weight is 424 g/mol. The topological polar surface area (TPSA) is 82.5 Å². The number of nitrogens with zero attached hydrogens (tertiary/aromatic N) is 4. The molecule has 0 spiro atoms. The van der Waals surface area contributed by atoms with E-state index in [0.29, 0.717) is 6.54 Å². The third-order valence-electron chi connectivity index (χ3n) is 4.73. The maximum Gasteiger partial charge on any atom is 0.435 e. The summed E-state index contributed by atoms with van der Waals surface area (Å²) in [6.45, 7) is 3.51. The van der Waals surface area contributed by atoms with Gasteiger partial charge in [0.15, 0.2) is 5.69 Å². The van der Waals surface area contributed by atoms with Crippen LogP contribution in [-0.4, -0.2) is 59.2 Å². The minimum atomic E-state index is -4.57. The second-order valence-electron chi connectivity index (χ2n) is 6.91. The monoisotopic (exact) mass is 424 g/mol. The average Bonchev–Trinajstić information content (AvgIpc) is 3.21. The summed E-state index contributed by atoms with van der Waals surface area (Å²) in [6.07, 6.45) is -3.31. The number of halogens is 3. The van der Waals surface area contributed by atoms with Crippen LogP contribution >= 0.6 is 0 Å². The largest absolute Gasteiger partial charge is 0.435 e. The molecule has 2 heterocycles. The van der Waals surface area contributed by atoms with E-state index >= 15 is 0 Å². The summed E-state index contributed by atoms with van der Waals surface area (Å²) >= 11 is 0. The smallest absolute Gasteiger partial charge is 0.369 e. The highest BCUT2D eigenvalue weighted by atomic mass is 19.4. The first-order chi connectivity index (χ1) is 14.3. The zero-order valence-corrected chi connectivity index (χ0v) is 16.2. The molecule has 162 valence electrons. The van der Waals surface area contributed by atoms with E-state index in [0.717, 1.165) is 43.1 Å². The number of hydrogen-bond donors (Lipinski definition) is 2. The Hall–Kier alpha value is -3.08. The molecule has 3 rings (SSSR count). The van der Waals surface area contributed by atoms with Crippen LogP contribution < -0.4 is 15.8 Å². The number of nitrogens with one attached hydrogen (secondary N) is 2. The summed E-state index contributed by atoms with van der Waals surface area (Å²) < 4.78 is 38.4. The molecule has 2 aromatic rings. The molecule has 1 aromatic carbocycles. The fourth-order valence-corrected chi connectivity index (χ4v) is 3.12. The first-order valence-electron chi connectivity index (χ1n) is 9.52. The van der Waals surface area contributed by atoms with Gasteiger partial charge in [-0.2, -0.15) is 18.3 Å². The normalized spacial score (nSPS) is 15.1. The molecule has 11 heteroatoms. The molecule has 2 amide bonds. The SMILES string of the molecule is O=C(CCN1CCN(c2ccccc2)CC1)NNC(=O)Cn1ccc(C(F)(F)F)n1. The fraction of sp³-hybridized carbons (Fsp3) is 0.421. The molecule has 0 aliphatic carbocycles. The van der Waals surface area contributed by atoms with Gasteiger partial charge < -0.3 is 4.90 Å². The number of aromatic nitrogens is 2. The number of piperazine rings is 1. The molecule has 1 aromatic heterocycles. The van der Waals surface area contributed by atoms with Gasteiger partial charge in [0.2, 0.25) is 5.91 Å². The number of rotatable bonds is 6. The Bertz CT molecular complexity index is 847. The van der Waals surface area contributed by atoms with Crippen molar-refractivity contribution in [2.24, 2.45) is 0 Å². The van der Waals surface area contributed by atoms with Gasteiger partial charge in [-0.25, -0.2) is 0 Å². The van der Waals surface area contributed by atoms with E-state index in [2.05, 4.69) is 37.9 Å². The van der Waals surface area contributed by atoms with Crippen LogP contribution in [0.2, 0.25) is 0 Å². The minimum Gasteiger partial charge on any atom is -0.369 e. The Morgan fingerprint density at radius 3 is 2.27 bits per heavy atom. The molecule has 0 bridgehead atoms. The molecule has 2 N–H and O–H groups in total. The number of para-hydroxylation sites is 1. The van der Waals surface area contributed by atoms with Gasteiger partial charge in [0.05, 0.1) is 0 Å². The van der Waals surface area contributed by atoms with Crippen molar-refractivity contribution in [3.05, 3.63) is 48.3 Å². The third kappa shape index (κ3) is 6.21. The molecule has 8 nitrogen and oxygen atoms in total. The summed E-state index contributed by atoms with van der Waals surface area (Å²) in [5, 5.41) is 3.28. The van der Waals surface area contributed by atoms with Crippen molar-refractivity contribution >= 4 is 17.5 Å².